The number of nitrogens with two attached hydrogens (primary N) is 1. The average molecular weight is 578 g/mol. The van der Waals surface area contributed by atoms with E-state index in [1.54, 1.807) is 6.07 Å². The van der Waals surface area contributed by atoms with Crippen molar-refractivity contribution >= 4 is 10.0 Å². The maximum Gasteiger partial charge on any atom is 0.416 e. The van der Waals surface area contributed by atoms with Gasteiger partial charge in [-0.15, -0.1) is 0 Å². The predicted molar refractivity (Wildman–Crippen MR) is 133 cm³/mol. The number of hydrogen-bond acceptors (Lipinski definition) is 4. The summed E-state index contributed by atoms with van der Waals surface area (Å²) in [6, 6.07) is 15.9. The molecule has 0 unspecified atom stereocenters. The number of halogens is 6. The minimum atomic E-state index is -4.50. The van der Waals surface area contributed by atoms with Gasteiger partial charge in [0.15, 0.2) is 0 Å². The molecule has 0 aliphatic heterocycles. The minimum absolute atomic E-state index is 0.215. The normalized spacial score (nSPS) is 12.6. The van der Waals surface area contributed by atoms with Crippen LogP contribution in [0.2, 0.25) is 0 Å². The standard InChI is InChI=1S/C26H17F6N5O2S/c27-25(28,29)18-5-1-16(2-6-18)21-11-13-36(34-21)23-10-9-20(40(33,38)39)15-24(23)37-14-12-22(35-37)17-3-7-19(8-4-17)26(30,31)32/h1-15H,(H2,33,38,39). The first-order valence-corrected chi connectivity index (χ1v) is 12.9. The number of sulfonamides is 1. The van der Waals surface area contributed by atoms with Gasteiger partial charge < -0.3 is 0 Å². The van der Waals surface area contributed by atoms with Crippen molar-refractivity contribution in [3.05, 3.63) is 102 Å². The minimum Gasteiger partial charge on any atom is -0.238 e. The lowest BCUT2D eigenvalue weighted by Gasteiger charge is -2.12. The number of primary sulfonamides is 1. The Kier molecular flexibility index (Phi) is 6.54. The first-order valence-electron chi connectivity index (χ1n) is 11.3. The van der Waals surface area contributed by atoms with Crippen LogP contribution in [0.25, 0.3) is 33.9 Å². The van der Waals surface area contributed by atoms with Gasteiger partial charge in [0.25, 0.3) is 0 Å². The van der Waals surface area contributed by atoms with Crippen LogP contribution in [-0.4, -0.2) is 28.0 Å². The summed E-state index contributed by atoms with van der Waals surface area (Å²) in [5.41, 5.74) is 0.394. The van der Waals surface area contributed by atoms with Crippen LogP contribution in [0.1, 0.15) is 11.1 Å². The van der Waals surface area contributed by atoms with Crippen molar-refractivity contribution in [3.8, 4) is 33.9 Å². The third-order valence-corrected chi connectivity index (χ3v) is 6.87. The summed E-state index contributed by atoms with van der Waals surface area (Å²) >= 11 is 0. The van der Waals surface area contributed by atoms with Crippen LogP contribution in [0.3, 0.4) is 0 Å². The van der Waals surface area contributed by atoms with Crippen molar-refractivity contribution in [2.75, 3.05) is 0 Å². The molecular formula is C26H17F6N5O2S. The van der Waals surface area contributed by atoms with Gasteiger partial charge in [-0.1, -0.05) is 24.3 Å². The van der Waals surface area contributed by atoms with Crippen LogP contribution >= 0.6 is 0 Å². The molecule has 2 N–H and O–H groups in total. The number of nitrogens with zero attached hydrogens (tertiary/aromatic N) is 4. The molecule has 0 fully saturated rings. The number of benzene rings is 3. The van der Waals surface area contributed by atoms with E-state index in [4.69, 9.17) is 5.14 Å². The Labute approximate surface area is 223 Å². The Morgan fingerprint density at radius 2 is 1.02 bits per heavy atom. The number of rotatable bonds is 5. The second kappa shape index (κ2) is 9.64. The topological polar surface area (TPSA) is 95.8 Å². The number of alkyl halides is 6. The zero-order chi connectivity index (χ0) is 28.9. The quantitative estimate of drug-likeness (QED) is 0.256. The van der Waals surface area contributed by atoms with Crippen molar-refractivity contribution < 1.29 is 34.8 Å². The Morgan fingerprint density at radius 3 is 1.43 bits per heavy atom. The van der Waals surface area contributed by atoms with Crippen LogP contribution in [0.4, 0.5) is 26.3 Å². The van der Waals surface area contributed by atoms with Crippen molar-refractivity contribution in [1.82, 2.24) is 19.6 Å². The predicted octanol–water partition coefficient (Wildman–Crippen LogP) is 6.08. The molecule has 0 bridgehead atoms. The highest BCUT2D eigenvalue weighted by Gasteiger charge is 2.31. The highest BCUT2D eigenvalue weighted by Crippen LogP contribution is 2.32. The van der Waals surface area contributed by atoms with E-state index in [-0.39, 0.29) is 10.6 Å². The molecule has 0 aliphatic rings. The molecule has 0 amide bonds. The van der Waals surface area contributed by atoms with Crippen LogP contribution < -0.4 is 5.14 Å². The van der Waals surface area contributed by atoms with Gasteiger partial charge in [-0.25, -0.2) is 22.9 Å². The molecule has 40 heavy (non-hydrogen) atoms. The second-order valence-corrected chi connectivity index (χ2v) is 10.2. The van der Waals surface area contributed by atoms with E-state index >= 15 is 0 Å². The van der Waals surface area contributed by atoms with Crippen molar-refractivity contribution in [1.29, 1.82) is 0 Å². The zero-order valence-corrected chi connectivity index (χ0v) is 20.8. The maximum atomic E-state index is 12.9. The molecule has 0 atom stereocenters. The monoisotopic (exact) mass is 577 g/mol. The van der Waals surface area contributed by atoms with Gasteiger partial charge in [-0.2, -0.15) is 36.5 Å². The lowest BCUT2D eigenvalue weighted by Crippen LogP contribution is -2.14. The Bertz CT molecular complexity index is 1790. The lowest BCUT2D eigenvalue weighted by molar-refractivity contribution is -0.138. The maximum absolute atomic E-state index is 12.9. The van der Waals surface area contributed by atoms with Gasteiger partial charge in [0.2, 0.25) is 10.0 Å². The molecule has 5 aromatic rings. The molecule has 0 spiro atoms. The first kappa shape index (κ1) is 27.1. The summed E-state index contributed by atoms with van der Waals surface area (Å²) in [7, 11) is -4.12. The summed E-state index contributed by atoms with van der Waals surface area (Å²) in [5.74, 6) is 0. The molecule has 206 valence electrons. The Morgan fingerprint density at radius 1 is 0.600 bits per heavy atom. The highest BCUT2D eigenvalue weighted by atomic mass is 32.2. The van der Waals surface area contributed by atoms with Gasteiger partial charge in [0.1, 0.15) is 0 Å². The molecule has 7 nitrogen and oxygen atoms in total. The molecule has 0 saturated carbocycles. The largest absolute Gasteiger partial charge is 0.416 e. The zero-order valence-electron chi connectivity index (χ0n) is 20.0. The van der Waals surface area contributed by atoms with Crippen LogP contribution in [0.15, 0.2) is 96.2 Å². The SMILES string of the molecule is NS(=O)(=O)c1ccc(-n2ccc(-c3ccc(C(F)(F)F)cc3)n2)c(-n2ccc(-c3ccc(C(F)(F)F)cc3)n2)c1. The van der Waals surface area contributed by atoms with E-state index in [0.29, 0.717) is 28.2 Å². The molecule has 0 aliphatic carbocycles. The van der Waals surface area contributed by atoms with Gasteiger partial charge in [0, 0.05) is 23.5 Å². The van der Waals surface area contributed by atoms with Gasteiger partial charge in [0.05, 0.1) is 38.8 Å². The fourth-order valence-corrected chi connectivity index (χ4v) is 4.48. The summed E-state index contributed by atoms with van der Waals surface area (Å²) in [4.78, 5) is -0.229. The molecule has 2 aromatic heterocycles. The fourth-order valence-electron chi connectivity index (χ4n) is 3.94. The second-order valence-electron chi connectivity index (χ2n) is 8.64. The van der Waals surface area contributed by atoms with E-state index in [0.717, 1.165) is 24.3 Å². The Hall–Kier alpha value is -4.43. The average Bonchev–Trinajstić information content (AvgIpc) is 3.58. The molecule has 0 radical (unpaired) electrons. The van der Waals surface area contributed by atoms with Crippen molar-refractivity contribution in [2.24, 2.45) is 5.14 Å². The van der Waals surface area contributed by atoms with Crippen LogP contribution in [0, 0.1) is 0 Å². The molecular weight excluding hydrogens is 560 g/mol. The first-order chi connectivity index (χ1) is 18.7. The molecule has 3 aromatic carbocycles. The highest BCUT2D eigenvalue weighted by molar-refractivity contribution is 7.89. The lowest BCUT2D eigenvalue weighted by atomic mass is 10.1. The number of hydrogen-bond donors (Lipinski definition) is 1. The van der Waals surface area contributed by atoms with Gasteiger partial charge in [-0.05, 0) is 54.6 Å². The van der Waals surface area contributed by atoms with E-state index in [1.165, 1.54) is 70.3 Å². The fraction of sp³-hybridized carbons (Fsp3) is 0.0769. The van der Waals surface area contributed by atoms with Gasteiger partial charge >= 0.3 is 12.4 Å². The Balaban J connectivity index is 1.54. The van der Waals surface area contributed by atoms with E-state index in [2.05, 4.69) is 10.2 Å². The van der Waals surface area contributed by atoms with E-state index in [1.807, 2.05) is 0 Å². The van der Waals surface area contributed by atoms with Gasteiger partial charge in [-0.3, -0.25) is 0 Å². The third-order valence-electron chi connectivity index (χ3n) is 5.96. The molecule has 5 rings (SSSR count). The van der Waals surface area contributed by atoms with Crippen molar-refractivity contribution in [3.63, 3.8) is 0 Å². The van der Waals surface area contributed by atoms with E-state index in [9.17, 15) is 34.8 Å². The van der Waals surface area contributed by atoms with Crippen LogP contribution in [0.5, 0.6) is 0 Å². The van der Waals surface area contributed by atoms with Crippen LogP contribution in [-0.2, 0) is 22.4 Å². The molecule has 2 heterocycles. The summed E-state index contributed by atoms with van der Waals surface area (Å²) in [6.07, 6.45) is -5.97. The van der Waals surface area contributed by atoms with Crippen molar-refractivity contribution in [2.45, 2.75) is 17.2 Å². The van der Waals surface area contributed by atoms with E-state index < -0.39 is 33.5 Å². The summed E-state index contributed by atoms with van der Waals surface area (Å²) in [6.45, 7) is 0. The third kappa shape index (κ3) is 5.49. The smallest absolute Gasteiger partial charge is 0.238 e. The molecule has 14 heteroatoms. The molecule has 0 saturated heterocycles. The number of aromatic nitrogens is 4. The summed E-state index contributed by atoms with van der Waals surface area (Å²) in [5, 5.41) is 14.1. The summed E-state index contributed by atoms with van der Waals surface area (Å²) < 4.78 is 104.